The molecule has 5 aromatic rings. The highest BCUT2D eigenvalue weighted by Gasteiger charge is 2.02. The molecule has 0 aliphatic rings. The zero-order valence-corrected chi connectivity index (χ0v) is 13.8. The van der Waals surface area contributed by atoms with Crippen LogP contribution in [0.4, 0.5) is 0 Å². The maximum Gasteiger partial charge on any atom is 0.0701 e. The highest BCUT2D eigenvalue weighted by molar-refractivity contribution is 5.93. The van der Waals surface area contributed by atoms with E-state index in [0.717, 1.165) is 5.52 Å². The van der Waals surface area contributed by atoms with Crippen molar-refractivity contribution in [2.24, 2.45) is 0 Å². The summed E-state index contributed by atoms with van der Waals surface area (Å²) in [4.78, 5) is 7.47. The smallest absolute Gasteiger partial charge is 0.0701 e. The lowest BCUT2D eigenvalue weighted by Crippen LogP contribution is -1.78. The lowest BCUT2D eigenvalue weighted by atomic mass is 10.0. The fourth-order valence-corrected chi connectivity index (χ4v) is 2.96. The van der Waals surface area contributed by atoms with Gasteiger partial charge in [-0.2, -0.15) is 0 Å². The molecule has 0 aliphatic carbocycles. The van der Waals surface area contributed by atoms with Crippen molar-refractivity contribution in [1.82, 2.24) is 9.97 Å². The SMILES string of the molecule is c1ccc(-c2cccc3cc[nH]c23)cc1.c1ccc2ncccc2c1. The molecule has 0 radical (unpaired) electrons. The minimum absolute atomic E-state index is 1.06. The van der Waals surface area contributed by atoms with Crippen LogP contribution in [0.2, 0.25) is 0 Å². The van der Waals surface area contributed by atoms with Gasteiger partial charge in [-0.25, -0.2) is 0 Å². The first-order valence-corrected chi connectivity index (χ1v) is 8.33. The summed E-state index contributed by atoms with van der Waals surface area (Å²) in [5, 5.41) is 2.46. The predicted molar refractivity (Wildman–Crippen MR) is 105 cm³/mol. The number of aromatic amines is 1. The molecular weight excluding hydrogens is 304 g/mol. The van der Waals surface area contributed by atoms with E-state index in [1.54, 1.807) is 0 Å². The minimum atomic E-state index is 1.06. The van der Waals surface area contributed by atoms with Gasteiger partial charge in [0, 0.05) is 23.3 Å². The summed E-state index contributed by atoms with van der Waals surface area (Å²) in [5.41, 5.74) is 4.79. The summed E-state index contributed by atoms with van der Waals surface area (Å²) in [7, 11) is 0. The van der Waals surface area contributed by atoms with E-state index < -0.39 is 0 Å². The third kappa shape index (κ3) is 3.29. The van der Waals surface area contributed by atoms with Gasteiger partial charge >= 0.3 is 0 Å². The number of rotatable bonds is 1. The average molecular weight is 322 g/mol. The molecule has 0 spiro atoms. The molecule has 0 unspecified atom stereocenters. The van der Waals surface area contributed by atoms with Crippen molar-refractivity contribution in [3.8, 4) is 11.1 Å². The number of aromatic nitrogens is 2. The van der Waals surface area contributed by atoms with Crippen LogP contribution in [0.1, 0.15) is 0 Å². The first kappa shape index (κ1) is 15.2. The Morgan fingerprint density at radius 1 is 0.600 bits per heavy atom. The van der Waals surface area contributed by atoms with E-state index in [-0.39, 0.29) is 0 Å². The third-order valence-corrected chi connectivity index (χ3v) is 4.18. The average Bonchev–Trinajstić information content (AvgIpc) is 3.18. The summed E-state index contributed by atoms with van der Waals surface area (Å²) in [6, 6.07) is 31.0. The third-order valence-electron chi connectivity index (χ3n) is 4.18. The van der Waals surface area contributed by atoms with Gasteiger partial charge in [0.15, 0.2) is 0 Å². The second kappa shape index (κ2) is 7.02. The van der Waals surface area contributed by atoms with E-state index >= 15 is 0 Å². The van der Waals surface area contributed by atoms with Crippen LogP contribution in [0.5, 0.6) is 0 Å². The molecule has 0 saturated carbocycles. The zero-order valence-electron chi connectivity index (χ0n) is 13.8. The topological polar surface area (TPSA) is 28.7 Å². The molecule has 0 bridgehead atoms. The van der Waals surface area contributed by atoms with Gasteiger partial charge in [-0.05, 0) is 29.1 Å². The van der Waals surface area contributed by atoms with Gasteiger partial charge < -0.3 is 4.98 Å². The van der Waals surface area contributed by atoms with Gasteiger partial charge in [0.1, 0.15) is 0 Å². The standard InChI is InChI=1S/C14H11N.C9H7N/c1-2-5-11(6-3-1)13-8-4-7-12-9-10-15-14(12)13;1-2-6-9-8(4-1)5-3-7-10-9/h1-10,15H;1-7H. The minimum Gasteiger partial charge on any atom is -0.361 e. The molecule has 0 saturated heterocycles. The number of fused-ring (bicyclic) bond motifs is 2. The van der Waals surface area contributed by atoms with Crippen LogP contribution in [0.3, 0.4) is 0 Å². The van der Waals surface area contributed by atoms with Crippen LogP contribution in [0, 0.1) is 0 Å². The Labute approximate surface area is 146 Å². The molecule has 2 heteroatoms. The first-order chi connectivity index (χ1) is 12.4. The summed E-state index contributed by atoms with van der Waals surface area (Å²) in [5.74, 6) is 0. The number of para-hydroxylation sites is 2. The zero-order chi connectivity index (χ0) is 16.9. The summed E-state index contributed by atoms with van der Waals surface area (Å²) in [6.45, 7) is 0. The summed E-state index contributed by atoms with van der Waals surface area (Å²) >= 11 is 0. The maximum atomic E-state index is 4.18. The summed E-state index contributed by atoms with van der Waals surface area (Å²) in [6.07, 6.45) is 3.79. The molecule has 0 aliphatic heterocycles. The monoisotopic (exact) mass is 322 g/mol. The van der Waals surface area contributed by atoms with Crippen molar-refractivity contribution in [2.75, 3.05) is 0 Å². The van der Waals surface area contributed by atoms with Crippen molar-refractivity contribution in [2.45, 2.75) is 0 Å². The Morgan fingerprint density at radius 3 is 2.24 bits per heavy atom. The van der Waals surface area contributed by atoms with Crippen LogP contribution in [-0.4, -0.2) is 9.97 Å². The normalized spacial score (nSPS) is 10.4. The second-order valence-corrected chi connectivity index (χ2v) is 5.81. The molecule has 25 heavy (non-hydrogen) atoms. The van der Waals surface area contributed by atoms with E-state index in [1.165, 1.54) is 27.4 Å². The largest absolute Gasteiger partial charge is 0.361 e. The van der Waals surface area contributed by atoms with E-state index in [0.29, 0.717) is 0 Å². The predicted octanol–water partition coefficient (Wildman–Crippen LogP) is 6.07. The quantitative estimate of drug-likeness (QED) is 0.398. The van der Waals surface area contributed by atoms with Crippen LogP contribution < -0.4 is 0 Å². The van der Waals surface area contributed by atoms with E-state index in [1.807, 2.05) is 42.7 Å². The molecular formula is C23H18N2. The number of pyridine rings is 1. The van der Waals surface area contributed by atoms with Gasteiger partial charge in [-0.3, -0.25) is 4.98 Å². The number of H-pyrrole nitrogens is 1. The lowest BCUT2D eigenvalue weighted by Gasteiger charge is -2.02. The van der Waals surface area contributed by atoms with Crippen LogP contribution >= 0.6 is 0 Å². The Hall–Kier alpha value is -3.39. The van der Waals surface area contributed by atoms with Crippen molar-refractivity contribution in [3.63, 3.8) is 0 Å². The molecule has 120 valence electrons. The Kier molecular flexibility index (Phi) is 4.25. The molecule has 5 rings (SSSR count). The molecule has 1 N–H and O–H groups in total. The van der Waals surface area contributed by atoms with Gasteiger partial charge in [0.05, 0.1) is 11.0 Å². The van der Waals surface area contributed by atoms with Crippen molar-refractivity contribution in [3.05, 3.63) is 103 Å². The summed E-state index contributed by atoms with van der Waals surface area (Å²) < 4.78 is 0. The Balaban J connectivity index is 0.000000136. The van der Waals surface area contributed by atoms with E-state index in [2.05, 4.69) is 70.6 Å². The van der Waals surface area contributed by atoms with E-state index in [9.17, 15) is 0 Å². The molecule has 0 fully saturated rings. The van der Waals surface area contributed by atoms with Crippen LogP contribution in [-0.2, 0) is 0 Å². The molecule has 0 amide bonds. The molecule has 2 aromatic heterocycles. The number of nitrogens with zero attached hydrogens (tertiary/aromatic N) is 1. The van der Waals surface area contributed by atoms with Gasteiger partial charge in [-0.1, -0.05) is 72.8 Å². The Bertz CT molecular complexity index is 1030. The number of hydrogen-bond donors (Lipinski definition) is 1. The lowest BCUT2D eigenvalue weighted by molar-refractivity contribution is 1.41. The van der Waals surface area contributed by atoms with Crippen LogP contribution in [0.25, 0.3) is 32.9 Å². The fourth-order valence-electron chi connectivity index (χ4n) is 2.96. The van der Waals surface area contributed by atoms with Gasteiger partial charge in [0.25, 0.3) is 0 Å². The van der Waals surface area contributed by atoms with Crippen molar-refractivity contribution >= 4 is 21.8 Å². The van der Waals surface area contributed by atoms with Crippen LogP contribution in [0.15, 0.2) is 103 Å². The molecule has 0 atom stereocenters. The van der Waals surface area contributed by atoms with Gasteiger partial charge in [-0.15, -0.1) is 0 Å². The van der Waals surface area contributed by atoms with Crippen molar-refractivity contribution in [1.29, 1.82) is 0 Å². The first-order valence-electron chi connectivity index (χ1n) is 8.33. The highest BCUT2D eigenvalue weighted by Crippen LogP contribution is 2.26. The Morgan fingerprint density at radius 2 is 1.36 bits per heavy atom. The number of nitrogens with one attached hydrogen (secondary N) is 1. The van der Waals surface area contributed by atoms with E-state index in [4.69, 9.17) is 0 Å². The van der Waals surface area contributed by atoms with Gasteiger partial charge in [0.2, 0.25) is 0 Å². The number of benzene rings is 3. The molecule has 3 aromatic carbocycles. The molecule has 2 heterocycles. The van der Waals surface area contributed by atoms with Crippen molar-refractivity contribution < 1.29 is 0 Å². The maximum absolute atomic E-state index is 4.18. The fraction of sp³-hybridized carbons (Fsp3) is 0. The molecule has 2 nitrogen and oxygen atoms in total. The second-order valence-electron chi connectivity index (χ2n) is 5.81. The highest BCUT2D eigenvalue weighted by atomic mass is 14.7. The number of hydrogen-bond acceptors (Lipinski definition) is 1.